The van der Waals surface area contributed by atoms with Crippen LogP contribution in [-0.4, -0.2) is 28.5 Å². The highest BCUT2D eigenvalue weighted by molar-refractivity contribution is 5.85. The molecule has 0 radical (unpaired) electrons. The first-order chi connectivity index (χ1) is 7.41. The molecule has 1 aromatic heterocycles. The minimum Gasteiger partial charge on any atom is -0.354 e. The second-order valence-electron chi connectivity index (χ2n) is 4.92. The molecule has 0 aliphatic heterocycles. The van der Waals surface area contributed by atoms with E-state index in [0.717, 1.165) is 5.82 Å². The largest absolute Gasteiger partial charge is 0.354 e. The van der Waals surface area contributed by atoms with Gasteiger partial charge in [0.2, 0.25) is 5.91 Å². The maximum Gasteiger partial charge on any atom is 0.237 e. The molecule has 18 heavy (non-hydrogen) atoms. The Morgan fingerprint density at radius 3 is 2.56 bits per heavy atom. The van der Waals surface area contributed by atoms with Gasteiger partial charge in [-0.3, -0.25) is 4.79 Å². The second-order valence-corrected chi connectivity index (χ2v) is 4.92. The maximum absolute atomic E-state index is 11.7. The van der Waals surface area contributed by atoms with Crippen LogP contribution in [0.15, 0.2) is 12.4 Å². The lowest BCUT2D eigenvalue weighted by Crippen LogP contribution is -2.49. The van der Waals surface area contributed by atoms with E-state index in [-0.39, 0.29) is 36.1 Å². The zero-order chi connectivity index (χ0) is 12.2. The molecule has 0 aliphatic rings. The summed E-state index contributed by atoms with van der Waals surface area (Å²) in [5, 5.41) is 2.80. The molecule has 1 rings (SSSR count). The number of nitrogens with one attached hydrogen (secondary N) is 2. The summed E-state index contributed by atoms with van der Waals surface area (Å²) in [6, 6.07) is -0.482. The van der Waals surface area contributed by atoms with Gasteiger partial charge < -0.3 is 16.0 Å². The van der Waals surface area contributed by atoms with Gasteiger partial charge in [0.25, 0.3) is 0 Å². The number of imidazole rings is 1. The van der Waals surface area contributed by atoms with E-state index in [1.54, 1.807) is 12.4 Å². The molecule has 1 heterocycles. The highest BCUT2D eigenvalue weighted by Gasteiger charge is 2.26. The van der Waals surface area contributed by atoms with Crippen molar-refractivity contribution >= 4 is 30.7 Å². The van der Waals surface area contributed by atoms with Crippen molar-refractivity contribution in [2.24, 2.45) is 11.1 Å². The van der Waals surface area contributed by atoms with E-state index in [2.05, 4.69) is 15.3 Å². The average molecular weight is 297 g/mol. The first kappa shape index (κ1) is 19.6. The summed E-state index contributed by atoms with van der Waals surface area (Å²) >= 11 is 0. The first-order valence-corrected chi connectivity index (χ1v) is 5.43. The fourth-order valence-corrected chi connectivity index (χ4v) is 1.24. The van der Waals surface area contributed by atoms with E-state index in [1.807, 2.05) is 20.8 Å². The molecule has 0 aliphatic carbocycles. The highest BCUT2D eigenvalue weighted by Crippen LogP contribution is 2.16. The van der Waals surface area contributed by atoms with E-state index in [1.165, 1.54) is 0 Å². The number of hydrogen-bond donors (Lipinski definition) is 3. The summed E-state index contributed by atoms with van der Waals surface area (Å²) in [7, 11) is 0. The Balaban J connectivity index is 0. The standard InChI is InChI=1S/C11H20N4O.2ClH/c1-11(2,3)9(12)10(16)15-5-4-8-13-6-7-14-8;;/h6-7,9H,4-5,12H2,1-3H3,(H,13,14)(H,15,16);2*1H/t9-;;/m1../s1. The maximum atomic E-state index is 11.7. The topological polar surface area (TPSA) is 83.8 Å². The van der Waals surface area contributed by atoms with Crippen molar-refractivity contribution in [3.8, 4) is 0 Å². The summed E-state index contributed by atoms with van der Waals surface area (Å²) in [4.78, 5) is 18.7. The van der Waals surface area contributed by atoms with Crippen molar-refractivity contribution in [1.29, 1.82) is 0 Å². The Morgan fingerprint density at radius 2 is 2.11 bits per heavy atom. The van der Waals surface area contributed by atoms with Gasteiger partial charge in [0.05, 0.1) is 6.04 Å². The molecule has 1 aromatic rings. The zero-order valence-corrected chi connectivity index (χ0v) is 12.5. The minimum absolute atomic E-state index is 0. The van der Waals surface area contributed by atoms with Gasteiger partial charge in [-0.15, -0.1) is 24.8 Å². The molecule has 5 nitrogen and oxygen atoms in total. The number of aromatic amines is 1. The third-order valence-electron chi connectivity index (χ3n) is 2.43. The lowest BCUT2D eigenvalue weighted by Gasteiger charge is -2.25. The summed E-state index contributed by atoms with van der Waals surface area (Å²) in [5.74, 6) is 0.753. The molecule has 0 unspecified atom stereocenters. The van der Waals surface area contributed by atoms with Gasteiger partial charge in [0, 0.05) is 25.4 Å². The smallest absolute Gasteiger partial charge is 0.237 e. The molecule has 0 spiro atoms. The molecule has 0 bridgehead atoms. The highest BCUT2D eigenvalue weighted by atomic mass is 35.5. The average Bonchev–Trinajstić information content (AvgIpc) is 2.67. The van der Waals surface area contributed by atoms with Crippen LogP contribution in [0.3, 0.4) is 0 Å². The van der Waals surface area contributed by atoms with Crippen molar-refractivity contribution in [3.05, 3.63) is 18.2 Å². The lowest BCUT2D eigenvalue weighted by molar-refractivity contribution is -0.124. The van der Waals surface area contributed by atoms with Crippen LogP contribution in [0.25, 0.3) is 0 Å². The molecule has 0 saturated heterocycles. The molecule has 4 N–H and O–H groups in total. The van der Waals surface area contributed by atoms with Crippen LogP contribution in [0.5, 0.6) is 0 Å². The number of rotatable bonds is 4. The van der Waals surface area contributed by atoms with Gasteiger partial charge >= 0.3 is 0 Å². The predicted octanol–water partition coefficient (Wildman–Crippen LogP) is 1.29. The number of carbonyl (C=O) groups excluding carboxylic acids is 1. The van der Waals surface area contributed by atoms with Gasteiger partial charge in [-0.05, 0) is 5.41 Å². The van der Waals surface area contributed by atoms with Crippen molar-refractivity contribution in [2.45, 2.75) is 33.2 Å². The molecule has 1 atom stereocenters. The fraction of sp³-hybridized carbons (Fsp3) is 0.636. The quantitative estimate of drug-likeness (QED) is 0.783. The normalized spacial score (nSPS) is 12.0. The van der Waals surface area contributed by atoms with Gasteiger partial charge in [0.1, 0.15) is 5.82 Å². The minimum atomic E-state index is -0.482. The van der Waals surface area contributed by atoms with Crippen molar-refractivity contribution < 1.29 is 4.79 Å². The van der Waals surface area contributed by atoms with Crippen molar-refractivity contribution in [2.75, 3.05) is 6.54 Å². The van der Waals surface area contributed by atoms with Gasteiger partial charge in [-0.2, -0.15) is 0 Å². The number of H-pyrrole nitrogens is 1. The summed E-state index contributed by atoms with van der Waals surface area (Å²) in [6.45, 7) is 6.40. The van der Waals surface area contributed by atoms with E-state index in [4.69, 9.17) is 5.73 Å². The summed E-state index contributed by atoms with van der Waals surface area (Å²) in [6.07, 6.45) is 4.14. The van der Waals surface area contributed by atoms with Crippen LogP contribution >= 0.6 is 24.8 Å². The lowest BCUT2D eigenvalue weighted by atomic mass is 9.87. The van der Waals surface area contributed by atoms with E-state index in [9.17, 15) is 4.79 Å². The number of aromatic nitrogens is 2. The van der Waals surface area contributed by atoms with Crippen molar-refractivity contribution in [1.82, 2.24) is 15.3 Å². The third kappa shape index (κ3) is 6.23. The number of amides is 1. The molecule has 0 fully saturated rings. The third-order valence-corrected chi connectivity index (χ3v) is 2.43. The Kier molecular flexibility index (Phi) is 9.07. The molecular formula is C11H22Cl2N4O. The van der Waals surface area contributed by atoms with E-state index < -0.39 is 6.04 Å². The van der Waals surface area contributed by atoms with E-state index >= 15 is 0 Å². The Hall–Kier alpha value is -0.780. The molecule has 0 saturated carbocycles. The Morgan fingerprint density at radius 1 is 1.50 bits per heavy atom. The second kappa shape index (κ2) is 8.34. The van der Waals surface area contributed by atoms with E-state index in [0.29, 0.717) is 13.0 Å². The zero-order valence-electron chi connectivity index (χ0n) is 10.9. The molecule has 1 amide bonds. The fourth-order valence-electron chi connectivity index (χ4n) is 1.24. The van der Waals surface area contributed by atoms with Crippen molar-refractivity contribution in [3.63, 3.8) is 0 Å². The van der Waals surface area contributed by atoms with Crippen LogP contribution in [0, 0.1) is 5.41 Å². The summed E-state index contributed by atoms with van der Waals surface area (Å²) < 4.78 is 0. The number of hydrogen-bond acceptors (Lipinski definition) is 3. The van der Waals surface area contributed by atoms with Crippen LogP contribution in [-0.2, 0) is 11.2 Å². The van der Waals surface area contributed by atoms with Gasteiger partial charge in [0.15, 0.2) is 0 Å². The molecule has 106 valence electrons. The van der Waals surface area contributed by atoms with Crippen LogP contribution in [0.4, 0.5) is 0 Å². The Bertz CT molecular complexity index is 335. The molecular weight excluding hydrogens is 275 g/mol. The number of halogens is 2. The van der Waals surface area contributed by atoms with Crippen LogP contribution in [0.1, 0.15) is 26.6 Å². The van der Waals surface area contributed by atoms with Gasteiger partial charge in [-0.25, -0.2) is 4.98 Å². The molecule has 0 aromatic carbocycles. The predicted molar refractivity (Wildman–Crippen MR) is 77.2 cm³/mol. The number of nitrogens with zero attached hydrogens (tertiary/aromatic N) is 1. The van der Waals surface area contributed by atoms with Gasteiger partial charge in [-0.1, -0.05) is 20.8 Å². The SMILES string of the molecule is CC(C)(C)[C@H](N)C(=O)NCCc1ncc[nH]1.Cl.Cl. The molecule has 7 heteroatoms. The number of nitrogens with two attached hydrogens (primary N) is 1. The number of carbonyl (C=O) groups is 1. The Labute approximate surface area is 120 Å². The van der Waals surface area contributed by atoms with Crippen LogP contribution < -0.4 is 11.1 Å². The van der Waals surface area contributed by atoms with Crippen LogP contribution in [0.2, 0.25) is 0 Å². The monoisotopic (exact) mass is 296 g/mol. The summed E-state index contributed by atoms with van der Waals surface area (Å²) in [5.41, 5.74) is 5.60. The first-order valence-electron chi connectivity index (χ1n) is 5.43.